The highest BCUT2D eigenvalue weighted by Crippen LogP contribution is 2.22. The first-order chi connectivity index (χ1) is 15.3. The minimum atomic E-state index is -0.320. The molecule has 1 aromatic heterocycles. The third-order valence-electron chi connectivity index (χ3n) is 5.10. The molecule has 4 rings (SSSR count). The van der Waals surface area contributed by atoms with E-state index in [2.05, 4.69) is 34.7 Å². The number of nitrogens with zero attached hydrogens (tertiary/aromatic N) is 3. The van der Waals surface area contributed by atoms with E-state index >= 15 is 0 Å². The minimum Gasteiger partial charge on any atom is -0.332 e. The Morgan fingerprint density at radius 3 is 2.25 bits per heavy atom. The number of hydrogen-bond acceptors (Lipinski definition) is 4. The van der Waals surface area contributed by atoms with Crippen molar-refractivity contribution in [1.82, 2.24) is 20.3 Å². The molecule has 0 fully saturated rings. The number of carbonyl (C=O) groups is 1. The second kappa shape index (κ2) is 8.84. The number of rotatable bonds is 4. The van der Waals surface area contributed by atoms with Gasteiger partial charge in [0.15, 0.2) is 5.11 Å². The highest BCUT2D eigenvalue weighted by molar-refractivity contribution is 7.80. The number of hydrogen-bond donors (Lipinski definition) is 2. The number of fused-ring (bicyclic) bond motifs is 1. The Kier molecular flexibility index (Phi) is 5.96. The Labute approximate surface area is 190 Å². The van der Waals surface area contributed by atoms with Crippen molar-refractivity contribution in [2.75, 3.05) is 5.32 Å². The van der Waals surface area contributed by atoms with Crippen molar-refractivity contribution in [3.63, 3.8) is 0 Å². The predicted octanol–water partition coefficient (Wildman–Crippen LogP) is 5.12. The number of aromatic nitrogens is 3. The van der Waals surface area contributed by atoms with Gasteiger partial charge in [-0.1, -0.05) is 26.0 Å². The Bertz CT molecular complexity index is 1300. The zero-order valence-corrected chi connectivity index (χ0v) is 18.7. The third-order valence-corrected chi connectivity index (χ3v) is 5.30. The summed E-state index contributed by atoms with van der Waals surface area (Å²) >= 11 is 5.34. The molecule has 6 nitrogen and oxygen atoms in total. The van der Waals surface area contributed by atoms with Crippen LogP contribution in [-0.2, 0) is 0 Å². The van der Waals surface area contributed by atoms with Gasteiger partial charge in [0.05, 0.1) is 5.69 Å². The van der Waals surface area contributed by atoms with E-state index in [4.69, 9.17) is 12.2 Å². The van der Waals surface area contributed by atoms with E-state index in [0.29, 0.717) is 33.9 Å². The molecule has 0 unspecified atom stereocenters. The number of anilines is 1. The Morgan fingerprint density at radius 1 is 1.00 bits per heavy atom. The van der Waals surface area contributed by atoms with Crippen molar-refractivity contribution < 1.29 is 9.18 Å². The van der Waals surface area contributed by atoms with Crippen LogP contribution in [0.5, 0.6) is 0 Å². The number of benzene rings is 3. The summed E-state index contributed by atoms with van der Waals surface area (Å²) in [6.45, 7) is 6.12. The van der Waals surface area contributed by atoms with Crippen molar-refractivity contribution in [3.8, 4) is 5.69 Å². The number of thiocarbonyl (C=S) groups is 1. The molecule has 0 aliphatic carbocycles. The van der Waals surface area contributed by atoms with E-state index in [1.807, 2.05) is 31.2 Å². The summed E-state index contributed by atoms with van der Waals surface area (Å²) in [4.78, 5) is 14.0. The maximum Gasteiger partial charge on any atom is 0.257 e. The van der Waals surface area contributed by atoms with E-state index < -0.39 is 0 Å². The lowest BCUT2D eigenvalue weighted by Crippen LogP contribution is -2.34. The summed E-state index contributed by atoms with van der Waals surface area (Å²) < 4.78 is 13.2. The summed E-state index contributed by atoms with van der Waals surface area (Å²) in [5.41, 5.74) is 5.29. The van der Waals surface area contributed by atoms with Gasteiger partial charge < -0.3 is 5.32 Å². The van der Waals surface area contributed by atoms with Crippen LogP contribution >= 0.6 is 12.2 Å². The van der Waals surface area contributed by atoms with Gasteiger partial charge in [-0.25, -0.2) is 4.39 Å². The number of aryl methyl sites for hydroxylation is 1. The fraction of sp³-hybridized carbons (Fsp3) is 0.167. The predicted molar refractivity (Wildman–Crippen MR) is 128 cm³/mol. The third kappa shape index (κ3) is 4.65. The van der Waals surface area contributed by atoms with Crippen LogP contribution in [0.2, 0.25) is 0 Å². The van der Waals surface area contributed by atoms with Crippen LogP contribution in [0.1, 0.15) is 41.3 Å². The summed E-state index contributed by atoms with van der Waals surface area (Å²) in [6, 6.07) is 17.1. The minimum absolute atomic E-state index is 0.191. The van der Waals surface area contributed by atoms with Crippen molar-refractivity contribution in [2.24, 2.45) is 0 Å². The van der Waals surface area contributed by atoms with Crippen LogP contribution in [0, 0.1) is 12.7 Å². The Hall–Kier alpha value is -3.65. The number of amides is 1. The molecule has 0 saturated heterocycles. The van der Waals surface area contributed by atoms with Crippen LogP contribution in [-0.4, -0.2) is 26.0 Å². The molecule has 32 heavy (non-hydrogen) atoms. The number of nitrogens with one attached hydrogen (secondary N) is 2. The molecule has 162 valence electrons. The molecule has 0 aliphatic rings. The van der Waals surface area contributed by atoms with Crippen molar-refractivity contribution in [3.05, 3.63) is 83.2 Å². The molecule has 8 heteroatoms. The molecule has 0 radical (unpaired) electrons. The van der Waals surface area contributed by atoms with Gasteiger partial charge in [-0.2, -0.15) is 4.80 Å². The van der Waals surface area contributed by atoms with Crippen LogP contribution in [0.25, 0.3) is 16.7 Å². The first kappa shape index (κ1) is 21.6. The molecule has 4 aromatic rings. The average Bonchev–Trinajstić information content (AvgIpc) is 3.17. The molecule has 1 amide bonds. The van der Waals surface area contributed by atoms with E-state index in [-0.39, 0.29) is 16.8 Å². The fourth-order valence-electron chi connectivity index (χ4n) is 3.24. The molecule has 0 aliphatic heterocycles. The van der Waals surface area contributed by atoms with Crippen molar-refractivity contribution in [2.45, 2.75) is 26.7 Å². The van der Waals surface area contributed by atoms with Crippen molar-refractivity contribution >= 4 is 40.0 Å². The van der Waals surface area contributed by atoms with Crippen LogP contribution in [0.15, 0.2) is 60.7 Å². The normalized spacial score (nSPS) is 11.0. The van der Waals surface area contributed by atoms with Crippen LogP contribution in [0.4, 0.5) is 10.1 Å². The zero-order valence-electron chi connectivity index (χ0n) is 17.9. The molecule has 0 saturated carbocycles. The molecule has 0 atom stereocenters. The molecule has 2 N–H and O–H groups in total. The lowest BCUT2D eigenvalue weighted by Gasteiger charge is -2.12. The summed E-state index contributed by atoms with van der Waals surface area (Å²) in [6.07, 6.45) is 0. The summed E-state index contributed by atoms with van der Waals surface area (Å²) in [5.74, 6) is -0.202. The smallest absolute Gasteiger partial charge is 0.257 e. The van der Waals surface area contributed by atoms with E-state index in [1.54, 1.807) is 24.3 Å². The standard InChI is InChI=1S/C24H22FN5OS/c1-14(2)16-4-6-17(7-5-16)23(31)27-24(32)26-20-13-22-21(12-15(20)3)28-30(29-22)19-10-8-18(25)9-11-19/h4-14H,1-3H3,(H2,26,27,31,32). The van der Waals surface area contributed by atoms with Gasteiger partial charge in [-0.05, 0) is 84.7 Å². The molecular weight excluding hydrogens is 425 g/mol. The number of halogens is 1. The van der Waals surface area contributed by atoms with Crippen LogP contribution in [0.3, 0.4) is 0 Å². The highest BCUT2D eigenvalue weighted by atomic mass is 32.1. The first-order valence-electron chi connectivity index (χ1n) is 10.2. The summed E-state index contributed by atoms with van der Waals surface area (Å²) in [7, 11) is 0. The van der Waals surface area contributed by atoms with Gasteiger partial charge in [0.1, 0.15) is 16.9 Å². The molecular formula is C24H22FN5OS. The monoisotopic (exact) mass is 447 g/mol. The maximum atomic E-state index is 13.2. The van der Waals surface area contributed by atoms with Gasteiger partial charge in [0.25, 0.3) is 5.91 Å². The number of carbonyl (C=O) groups excluding carboxylic acids is 1. The van der Waals surface area contributed by atoms with Gasteiger partial charge in [-0.15, -0.1) is 10.2 Å². The highest BCUT2D eigenvalue weighted by Gasteiger charge is 2.12. The van der Waals surface area contributed by atoms with E-state index in [1.165, 1.54) is 22.5 Å². The van der Waals surface area contributed by atoms with Crippen molar-refractivity contribution in [1.29, 1.82) is 0 Å². The van der Waals surface area contributed by atoms with Gasteiger partial charge in [-0.3, -0.25) is 10.1 Å². The lowest BCUT2D eigenvalue weighted by molar-refractivity contribution is 0.0977. The Morgan fingerprint density at radius 2 is 1.62 bits per heavy atom. The SMILES string of the molecule is Cc1cc2nn(-c3ccc(F)cc3)nc2cc1NC(=S)NC(=O)c1ccc(C(C)C)cc1. The quantitative estimate of drug-likeness (QED) is 0.425. The molecule has 0 bridgehead atoms. The second-order valence-corrected chi connectivity index (χ2v) is 8.21. The van der Waals surface area contributed by atoms with E-state index in [9.17, 15) is 9.18 Å². The van der Waals surface area contributed by atoms with Gasteiger partial charge in [0.2, 0.25) is 0 Å². The van der Waals surface area contributed by atoms with Crippen LogP contribution < -0.4 is 10.6 Å². The second-order valence-electron chi connectivity index (χ2n) is 7.81. The maximum absolute atomic E-state index is 13.2. The van der Waals surface area contributed by atoms with E-state index in [0.717, 1.165) is 5.56 Å². The zero-order chi connectivity index (χ0) is 22.8. The molecule has 3 aromatic carbocycles. The fourth-order valence-corrected chi connectivity index (χ4v) is 3.44. The average molecular weight is 448 g/mol. The summed E-state index contributed by atoms with van der Waals surface area (Å²) in [5, 5.41) is 14.9. The molecule has 0 spiro atoms. The van der Waals surface area contributed by atoms with Gasteiger partial charge >= 0.3 is 0 Å². The lowest BCUT2D eigenvalue weighted by atomic mass is 10.0. The topological polar surface area (TPSA) is 71.8 Å². The Balaban J connectivity index is 1.49. The largest absolute Gasteiger partial charge is 0.332 e. The molecule has 1 heterocycles. The first-order valence-corrected chi connectivity index (χ1v) is 10.6. The van der Waals surface area contributed by atoms with Gasteiger partial charge in [0, 0.05) is 11.3 Å².